The van der Waals surface area contributed by atoms with Gasteiger partial charge in [0.15, 0.2) is 0 Å². The molecule has 1 aromatic heterocycles. The van der Waals surface area contributed by atoms with E-state index in [0.29, 0.717) is 22.7 Å². The van der Waals surface area contributed by atoms with Crippen molar-refractivity contribution in [3.8, 4) is 17.2 Å². The van der Waals surface area contributed by atoms with Crippen LogP contribution in [0, 0.1) is 6.92 Å². The number of carbonyl (C=O) groups is 1. The number of aryl methyl sites for hydroxylation is 1. The van der Waals surface area contributed by atoms with E-state index < -0.39 is 0 Å². The van der Waals surface area contributed by atoms with Crippen LogP contribution >= 0.6 is 0 Å². The molecular weight excluding hydrogens is 304 g/mol. The summed E-state index contributed by atoms with van der Waals surface area (Å²) >= 11 is 0. The van der Waals surface area contributed by atoms with Crippen LogP contribution in [0.15, 0.2) is 60.8 Å². The molecule has 3 rings (SSSR count). The van der Waals surface area contributed by atoms with Gasteiger partial charge in [-0.1, -0.05) is 6.07 Å². The predicted octanol–water partition coefficient (Wildman–Crippen LogP) is 4.38. The lowest BCUT2D eigenvalue weighted by Gasteiger charge is -2.09. The summed E-state index contributed by atoms with van der Waals surface area (Å²) in [6, 6.07) is 16.3. The molecule has 0 aliphatic rings. The first-order chi connectivity index (χ1) is 11.7. The number of hydrogen-bond acceptors (Lipinski definition) is 3. The second kappa shape index (κ2) is 6.91. The molecule has 0 aliphatic carbocycles. The molecule has 0 aliphatic heterocycles. The Morgan fingerprint density at radius 1 is 1.00 bits per heavy atom. The summed E-state index contributed by atoms with van der Waals surface area (Å²) in [7, 11) is 1.61. The van der Waals surface area contributed by atoms with E-state index in [1.54, 1.807) is 43.6 Å². The number of methoxy groups -OCH3 is 1. The number of nitrogens with one attached hydrogen (secondary N) is 2. The Balaban J connectivity index is 1.67. The summed E-state index contributed by atoms with van der Waals surface area (Å²) in [5, 5.41) is 2.86. The van der Waals surface area contributed by atoms with Crippen molar-refractivity contribution in [3.63, 3.8) is 0 Å². The molecule has 0 fully saturated rings. The van der Waals surface area contributed by atoms with Gasteiger partial charge in [0.25, 0.3) is 5.91 Å². The second-order valence-corrected chi connectivity index (χ2v) is 5.28. The average Bonchev–Trinajstić information content (AvgIpc) is 3.03. The number of ether oxygens (including phenoxy) is 2. The average molecular weight is 322 g/mol. The normalized spacial score (nSPS) is 10.2. The second-order valence-electron chi connectivity index (χ2n) is 5.28. The van der Waals surface area contributed by atoms with Crippen LogP contribution in [0.3, 0.4) is 0 Å². The molecule has 1 amide bonds. The van der Waals surface area contributed by atoms with Gasteiger partial charge in [0.2, 0.25) is 0 Å². The van der Waals surface area contributed by atoms with E-state index >= 15 is 0 Å². The number of anilines is 1. The highest BCUT2D eigenvalue weighted by Gasteiger charge is 2.09. The summed E-state index contributed by atoms with van der Waals surface area (Å²) < 4.78 is 10.9. The van der Waals surface area contributed by atoms with Crippen LogP contribution < -0.4 is 14.8 Å². The fraction of sp³-hybridized carbons (Fsp3) is 0.105. The molecule has 0 saturated heterocycles. The lowest BCUT2D eigenvalue weighted by atomic mass is 10.2. The zero-order valence-electron chi connectivity index (χ0n) is 13.5. The number of aromatic amines is 1. The molecule has 2 N–H and O–H groups in total. The maximum Gasteiger partial charge on any atom is 0.257 e. The molecule has 24 heavy (non-hydrogen) atoms. The molecule has 0 spiro atoms. The molecule has 0 atom stereocenters. The minimum atomic E-state index is -0.143. The van der Waals surface area contributed by atoms with E-state index in [9.17, 15) is 4.79 Å². The standard InChI is InChI=1S/C19H18N2O3/c1-13-18(10-11-20-13)19(22)21-14-6-8-15(9-7-14)24-17-5-3-4-16(12-17)23-2/h3-12,20H,1-2H3,(H,21,22). The maximum atomic E-state index is 12.2. The van der Waals surface area contributed by atoms with Gasteiger partial charge in [0.1, 0.15) is 17.2 Å². The smallest absolute Gasteiger partial charge is 0.257 e. The minimum absolute atomic E-state index is 0.143. The van der Waals surface area contributed by atoms with Crippen molar-refractivity contribution in [2.45, 2.75) is 6.92 Å². The Morgan fingerprint density at radius 3 is 2.42 bits per heavy atom. The highest BCUT2D eigenvalue weighted by molar-refractivity contribution is 6.05. The number of rotatable bonds is 5. The van der Waals surface area contributed by atoms with Crippen molar-refractivity contribution in [2.75, 3.05) is 12.4 Å². The molecule has 3 aromatic rings. The van der Waals surface area contributed by atoms with Crippen molar-refractivity contribution in [1.82, 2.24) is 4.98 Å². The van der Waals surface area contributed by atoms with Crippen molar-refractivity contribution >= 4 is 11.6 Å². The largest absolute Gasteiger partial charge is 0.497 e. The van der Waals surface area contributed by atoms with E-state index in [1.807, 2.05) is 31.2 Å². The first-order valence-corrected chi connectivity index (χ1v) is 7.53. The quantitative estimate of drug-likeness (QED) is 0.733. The third kappa shape index (κ3) is 3.57. The first-order valence-electron chi connectivity index (χ1n) is 7.53. The van der Waals surface area contributed by atoms with Crippen molar-refractivity contribution in [2.24, 2.45) is 0 Å². The summed E-state index contributed by atoms with van der Waals surface area (Å²) in [4.78, 5) is 15.2. The third-order valence-electron chi connectivity index (χ3n) is 3.59. The van der Waals surface area contributed by atoms with Gasteiger partial charge in [-0.15, -0.1) is 0 Å². The number of carbonyl (C=O) groups excluding carboxylic acids is 1. The summed E-state index contributed by atoms with van der Waals surface area (Å²) in [6.07, 6.45) is 1.75. The number of amides is 1. The van der Waals surface area contributed by atoms with Crippen LogP contribution in [0.2, 0.25) is 0 Å². The number of aromatic nitrogens is 1. The fourth-order valence-corrected chi connectivity index (χ4v) is 2.30. The fourth-order valence-electron chi connectivity index (χ4n) is 2.30. The Labute approximate surface area is 140 Å². The Bertz CT molecular complexity index is 838. The highest BCUT2D eigenvalue weighted by atomic mass is 16.5. The number of H-pyrrole nitrogens is 1. The van der Waals surface area contributed by atoms with Crippen LogP contribution in [0.5, 0.6) is 17.2 Å². The van der Waals surface area contributed by atoms with E-state index in [0.717, 1.165) is 11.4 Å². The minimum Gasteiger partial charge on any atom is -0.497 e. The zero-order chi connectivity index (χ0) is 16.9. The van der Waals surface area contributed by atoms with Gasteiger partial charge < -0.3 is 19.8 Å². The van der Waals surface area contributed by atoms with Crippen LogP contribution in [0.1, 0.15) is 16.1 Å². The van der Waals surface area contributed by atoms with Crippen molar-refractivity contribution < 1.29 is 14.3 Å². The number of hydrogen-bond donors (Lipinski definition) is 2. The zero-order valence-corrected chi connectivity index (χ0v) is 13.5. The first kappa shape index (κ1) is 15.7. The van der Waals surface area contributed by atoms with Gasteiger partial charge in [-0.05, 0) is 49.4 Å². The SMILES string of the molecule is COc1cccc(Oc2ccc(NC(=O)c3cc[nH]c3C)cc2)c1. The van der Waals surface area contributed by atoms with E-state index in [-0.39, 0.29) is 5.91 Å². The highest BCUT2D eigenvalue weighted by Crippen LogP contribution is 2.26. The van der Waals surface area contributed by atoms with Crippen molar-refractivity contribution in [1.29, 1.82) is 0 Å². The summed E-state index contributed by atoms with van der Waals surface area (Å²) in [6.45, 7) is 1.86. The van der Waals surface area contributed by atoms with Crippen molar-refractivity contribution in [3.05, 3.63) is 72.1 Å². The van der Waals surface area contributed by atoms with E-state index in [2.05, 4.69) is 10.3 Å². The number of benzene rings is 2. The van der Waals surface area contributed by atoms with Crippen LogP contribution in [-0.4, -0.2) is 18.0 Å². The van der Waals surface area contributed by atoms with E-state index in [1.165, 1.54) is 0 Å². The lowest BCUT2D eigenvalue weighted by molar-refractivity contribution is 0.102. The molecule has 0 bridgehead atoms. The van der Waals surface area contributed by atoms with Gasteiger partial charge >= 0.3 is 0 Å². The van der Waals surface area contributed by atoms with E-state index in [4.69, 9.17) is 9.47 Å². The molecule has 0 radical (unpaired) electrons. The predicted molar refractivity (Wildman–Crippen MR) is 93.0 cm³/mol. The topological polar surface area (TPSA) is 63.4 Å². The Morgan fingerprint density at radius 2 is 1.75 bits per heavy atom. The summed E-state index contributed by atoms with van der Waals surface area (Å²) in [5.41, 5.74) is 2.18. The van der Waals surface area contributed by atoms with Gasteiger partial charge in [-0.25, -0.2) is 0 Å². The van der Waals surface area contributed by atoms with Gasteiger partial charge in [0, 0.05) is 23.6 Å². The molecule has 2 aromatic carbocycles. The monoisotopic (exact) mass is 322 g/mol. The Kier molecular flexibility index (Phi) is 4.52. The van der Waals surface area contributed by atoms with Crippen LogP contribution in [-0.2, 0) is 0 Å². The molecule has 0 unspecified atom stereocenters. The molecule has 122 valence electrons. The molecular formula is C19H18N2O3. The molecule has 5 nitrogen and oxygen atoms in total. The maximum absolute atomic E-state index is 12.2. The third-order valence-corrected chi connectivity index (χ3v) is 3.59. The molecule has 1 heterocycles. The summed E-state index contributed by atoms with van der Waals surface area (Å²) in [5.74, 6) is 1.96. The lowest BCUT2D eigenvalue weighted by Crippen LogP contribution is -2.12. The molecule has 5 heteroatoms. The van der Waals surface area contributed by atoms with Gasteiger partial charge in [-0.2, -0.15) is 0 Å². The van der Waals surface area contributed by atoms with Gasteiger partial charge in [0.05, 0.1) is 12.7 Å². The van der Waals surface area contributed by atoms with Gasteiger partial charge in [-0.3, -0.25) is 4.79 Å². The van der Waals surface area contributed by atoms with Crippen LogP contribution in [0.4, 0.5) is 5.69 Å². The molecule has 0 saturated carbocycles. The van der Waals surface area contributed by atoms with Crippen LogP contribution in [0.25, 0.3) is 0 Å². The Hall–Kier alpha value is -3.21.